The van der Waals surface area contributed by atoms with Crippen LogP contribution in [0.1, 0.15) is 6.92 Å². The van der Waals surface area contributed by atoms with Crippen LogP contribution in [0, 0.1) is 0 Å². The zero-order valence-electron chi connectivity index (χ0n) is 22.5. The van der Waals surface area contributed by atoms with Crippen molar-refractivity contribution in [3.05, 3.63) is 52.7 Å². The molecule has 0 spiro atoms. The first-order chi connectivity index (χ1) is 20.0. The van der Waals surface area contributed by atoms with Crippen LogP contribution in [0.2, 0.25) is 0 Å². The molecular formula is C28H32O14. The minimum absolute atomic E-state index is 0.0536. The van der Waals surface area contributed by atoms with Crippen LogP contribution in [-0.4, -0.2) is 111 Å². The molecular weight excluding hydrogens is 560 g/mol. The maximum absolute atomic E-state index is 12.9. The van der Waals surface area contributed by atoms with Gasteiger partial charge in [0.1, 0.15) is 59.5 Å². The van der Waals surface area contributed by atoms with Gasteiger partial charge in [0.05, 0.1) is 19.8 Å². The van der Waals surface area contributed by atoms with Gasteiger partial charge in [0.2, 0.25) is 12.0 Å². The molecule has 2 aliphatic heterocycles. The number of hydrogen-bond acceptors (Lipinski definition) is 14. The van der Waals surface area contributed by atoms with Crippen molar-refractivity contribution in [1.82, 2.24) is 0 Å². The SMILES string of the molecule is COc1c(O[C@@H]2O[C@@H](C)[C@H](O)[C@@H](O[C@@H]3O[C@H](CO)[C@@H](O)[C@H](O)[C@H]3O)[C@H]2O)cc2oc(-c3ccccc3)cc(=O)c2c1O. The number of phenolic OH excluding ortho intramolecular Hbond substituents is 1. The maximum atomic E-state index is 12.9. The van der Waals surface area contributed by atoms with Crippen molar-refractivity contribution in [1.29, 1.82) is 0 Å². The van der Waals surface area contributed by atoms with Crippen LogP contribution in [0.5, 0.6) is 17.2 Å². The number of ether oxygens (including phenoxy) is 5. The van der Waals surface area contributed by atoms with Crippen molar-refractivity contribution in [2.75, 3.05) is 13.7 Å². The van der Waals surface area contributed by atoms with Crippen molar-refractivity contribution >= 4 is 11.0 Å². The summed E-state index contributed by atoms with van der Waals surface area (Å²) >= 11 is 0. The second-order valence-corrected chi connectivity index (χ2v) is 10.1. The molecule has 7 N–H and O–H groups in total. The maximum Gasteiger partial charge on any atom is 0.229 e. The Kier molecular flexibility index (Phi) is 8.71. The normalized spacial score (nSPS) is 33.4. The summed E-state index contributed by atoms with van der Waals surface area (Å²) in [5, 5.41) is 72.5. The van der Waals surface area contributed by atoms with E-state index in [1.54, 1.807) is 30.3 Å². The highest BCUT2D eigenvalue weighted by Crippen LogP contribution is 2.43. The van der Waals surface area contributed by atoms with Crippen LogP contribution in [-0.2, 0) is 14.2 Å². The van der Waals surface area contributed by atoms with Crippen molar-refractivity contribution in [3.8, 4) is 28.6 Å². The number of fused-ring (bicyclic) bond motifs is 1. The van der Waals surface area contributed by atoms with Gasteiger partial charge in [-0.25, -0.2) is 0 Å². The Balaban J connectivity index is 1.46. The second-order valence-electron chi connectivity index (χ2n) is 10.1. The molecule has 2 aromatic carbocycles. The summed E-state index contributed by atoms with van der Waals surface area (Å²) in [5.41, 5.74) is 0.00889. The fourth-order valence-corrected chi connectivity index (χ4v) is 5.01. The van der Waals surface area contributed by atoms with Crippen LogP contribution in [0.3, 0.4) is 0 Å². The first kappa shape index (κ1) is 30.2. The molecule has 228 valence electrons. The predicted molar refractivity (Wildman–Crippen MR) is 142 cm³/mol. The van der Waals surface area contributed by atoms with Gasteiger partial charge in [-0.15, -0.1) is 0 Å². The topological polar surface area (TPSA) is 218 Å². The largest absolute Gasteiger partial charge is 0.504 e. The molecule has 10 atom stereocenters. The Labute approximate surface area is 238 Å². The van der Waals surface area contributed by atoms with Crippen LogP contribution in [0.25, 0.3) is 22.3 Å². The van der Waals surface area contributed by atoms with E-state index in [0.29, 0.717) is 5.56 Å². The van der Waals surface area contributed by atoms with Crippen LogP contribution >= 0.6 is 0 Å². The molecule has 0 aliphatic carbocycles. The van der Waals surface area contributed by atoms with Gasteiger partial charge in [-0.3, -0.25) is 4.79 Å². The van der Waals surface area contributed by atoms with E-state index in [2.05, 4.69) is 0 Å². The average Bonchev–Trinajstić information content (AvgIpc) is 2.98. The molecule has 3 aromatic rings. The standard InChI is InChI=1S/C28H32O14/c1-11-19(31)26(42-27-23(35)22(34)20(32)17(10-29)41-27)24(36)28(38-11)40-16-9-15-18(21(33)25(16)37-2)13(30)8-14(39-15)12-6-4-3-5-7-12/h3-9,11,17,19-20,22-24,26-29,31-36H,10H2,1-2H3/t11-,17+,19-,20+,22-,23+,24+,26+,27-,28-/m0/s1. The smallest absolute Gasteiger partial charge is 0.229 e. The lowest BCUT2D eigenvalue weighted by molar-refractivity contribution is -0.350. The van der Waals surface area contributed by atoms with Crippen LogP contribution < -0.4 is 14.9 Å². The third-order valence-electron chi connectivity index (χ3n) is 7.34. The van der Waals surface area contributed by atoms with Gasteiger partial charge in [-0.1, -0.05) is 30.3 Å². The lowest BCUT2D eigenvalue weighted by Gasteiger charge is -2.45. The van der Waals surface area contributed by atoms with Gasteiger partial charge in [-0.2, -0.15) is 0 Å². The van der Waals surface area contributed by atoms with E-state index in [-0.39, 0.29) is 28.2 Å². The zero-order valence-corrected chi connectivity index (χ0v) is 22.5. The number of phenols is 1. The summed E-state index contributed by atoms with van der Waals surface area (Å²) in [6, 6.07) is 11.3. The zero-order chi connectivity index (χ0) is 30.3. The first-order valence-corrected chi connectivity index (χ1v) is 13.1. The Hall–Kier alpha value is -3.31. The van der Waals surface area contributed by atoms with Crippen molar-refractivity contribution < 1.29 is 63.8 Å². The molecule has 14 nitrogen and oxygen atoms in total. The average molecular weight is 593 g/mol. The van der Waals surface area contributed by atoms with E-state index in [9.17, 15) is 40.5 Å². The molecule has 42 heavy (non-hydrogen) atoms. The summed E-state index contributed by atoms with van der Waals surface area (Å²) in [6.07, 6.45) is -15.5. The van der Waals surface area contributed by atoms with E-state index in [1.807, 2.05) is 0 Å². The van der Waals surface area contributed by atoms with Crippen molar-refractivity contribution in [3.63, 3.8) is 0 Å². The Morgan fingerprint density at radius 1 is 0.881 bits per heavy atom. The highest BCUT2D eigenvalue weighted by atomic mass is 16.7. The Bertz CT molecular complexity index is 1440. The number of methoxy groups -OCH3 is 1. The predicted octanol–water partition coefficient (Wildman–Crippen LogP) is -0.795. The fraction of sp³-hybridized carbons (Fsp3) is 0.464. The number of rotatable bonds is 7. The van der Waals surface area contributed by atoms with Crippen molar-refractivity contribution in [2.24, 2.45) is 0 Å². The summed E-state index contributed by atoms with van der Waals surface area (Å²) in [6.45, 7) is 0.746. The third kappa shape index (κ3) is 5.44. The monoisotopic (exact) mass is 592 g/mol. The van der Waals surface area contributed by atoms with Gasteiger partial charge < -0.3 is 63.8 Å². The number of aliphatic hydroxyl groups is 6. The van der Waals surface area contributed by atoms with E-state index in [4.69, 9.17) is 28.1 Å². The number of benzene rings is 2. The number of hydrogen-bond donors (Lipinski definition) is 7. The lowest BCUT2D eigenvalue weighted by Crippen LogP contribution is -2.64. The Morgan fingerprint density at radius 3 is 2.26 bits per heavy atom. The molecule has 0 radical (unpaired) electrons. The van der Waals surface area contributed by atoms with E-state index in [1.165, 1.54) is 26.2 Å². The summed E-state index contributed by atoms with van der Waals surface area (Å²) in [4.78, 5) is 12.9. The van der Waals surface area contributed by atoms with Crippen molar-refractivity contribution in [2.45, 2.75) is 68.3 Å². The van der Waals surface area contributed by atoms with E-state index < -0.39 is 79.2 Å². The molecule has 2 saturated heterocycles. The highest BCUT2D eigenvalue weighted by molar-refractivity contribution is 5.89. The van der Waals surface area contributed by atoms with Gasteiger partial charge in [-0.05, 0) is 6.92 Å². The molecule has 0 bridgehead atoms. The number of aliphatic hydroxyl groups excluding tert-OH is 6. The van der Waals surface area contributed by atoms with Gasteiger partial charge >= 0.3 is 0 Å². The minimum atomic E-state index is -1.79. The summed E-state index contributed by atoms with van der Waals surface area (Å²) in [7, 11) is 1.23. The number of aromatic hydroxyl groups is 1. The molecule has 0 unspecified atom stereocenters. The molecule has 0 amide bonds. The molecule has 5 rings (SSSR count). The fourth-order valence-electron chi connectivity index (χ4n) is 5.01. The van der Waals surface area contributed by atoms with Crippen LogP contribution in [0.4, 0.5) is 0 Å². The highest BCUT2D eigenvalue weighted by Gasteiger charge is 2.50. The molecule has 14 heteroatoms. The summed E-state index contributed by atoms with van der Waals surface area (Å²) < 4.78 is 33.7. The van der Waals surface area contributed by atoms with E-state index in [0.717, 1.165) is 0 Å². The molecule has 1 aromatic heterocycles. The quantitative estimate of drug-likeness (QED) is 0.179. The van der Waals surface area contributed by atoms with Crippen LogP contribution in [0.15, 0.2) is 51.7 Å². The Morgan fingerprint density at radius 2 is 1.60 bits per heavy atom. The minimum Gasteiger partial charge on any atom is -0.504 e. The molecule has 2 aliphatic rings. The summed E-state index contributed by atoms with van der Waals surface area (Å²) in [5.74, 6) is -0.800. The van der Waals surface area contributed by atoms with Gasteiger partial charge in [0.25, 0.3) is 0 Å². The molecule has 2 fully saturated rings. The lowest BCUT2D eigenvalue weighted by atomic mass is 9.97. The first-order valence-electron chi connectivity index (χ1n) is 13.1. The van der Waals surface area contributed by atoms with Gasteiger partial charge in [0, 0.05) is 17.7 Å². The third-order valence-corrected chi connectivity index (χ3v) is 7.34. The molecule has 0 saturated carbocycles. The van der Waals surface area contributed by atoms with E-state index >= 15 is 0 Å². The second kappa shape index (κ2) is 12.1. The van der Waals surface area contributed by atoms with Gasteiger partial charge in [0.15, 0.2) is 23.2 Å². The molecule has 3 heterocycles.